The van der Waals surface area contributed by atoms with Crippen LogP contribution in [0.15, 0.2) is 48.5 Å². The number of anilines is 1. The molecule has 1 aromatic heterocycles. The number of nitrogens with zero attached hydrogens (tertiary/aromatic N) is 4. The number of rotatable bonds is 9. The maximum absolute atomic E-state index is 12.9. The molecule has 1 saturated heterocycles. The van der Waals surface area contributed by atoms with E-state index < -0.39 is 22.0 Å². The highest BCUT2D eigenvalue weighted by molar-refractivity contribution is 7.88. The summed E-state index contributed by atoms with van der Waals surface area (Å²) in [5.74, 6) is 0.662. The molecule has 36 heavy (non-hydrogen) atoms. The SMILES string of the molecule is CC(C)[C@H](Nc1nc(CN2CCN(S(=O)(=O)Cc3ccc(Cl)cc3)CC2)nc2ccccc12)C(N)=O. The Balaban J connectivity index is 1.45. The number of nitrogens with two attached hydrogens (primary N) is 1. The second kappa shape index (κ2) is 11.1. The highest BCUT2D eigenvalue weighted by Gasteiger charge is 2.28. The highest BCUT2D eigenvalue weighted by atomic mass is 35.5. The maximum Gasteiger partial charge on any atom is 0.240 e. The molecule has 0 radical (unpaired) electrons. The number of fused-ring (bicyclic) bond motifs is 1. The predicted octanol–water partition coefficient (Wildman–Crippen LogP) is 2.85. The summed E-state index contributed by atoms with van der Waals surface area (Å²) >= 11 is 5.91. The van der Waals surface area contributed by atoms with Gasteiger partial charge in [0.15, 0.2) is 0 Å². The Kier molecular flexibility index (Phi) is 8.09. The van der Waals surface area contributed by atoms with Gasteiger partial charge >= 0.3 is 0 Å². The second-order valence-corrected chi connectivity index (χ2v) is 11.7. The van der Waals surface area contributed by atoms with E-state index in [1.165, 1.54) is 4.31 Å². The molecule has 3 aromatic rings. The molecule has 0 saturated carbocycles. The number of piperazine rings is 1. The van der Waals surface area contributed by atoms with Crippen molar-refractivity contribution in [1.29, 1.82) is 0 Å². The first kappa shape index (κ1) is 26.3. The second-order valence-electron chi connectivity index (χ2n) is 9.33. The van der Waals surface area contributed by atoms with E-state index in [9.17, 15) is 13.2 Å². The van der Waals surface area contributed by atoms with Gasteiger partial charge in [-0.15, -0.1) is 0 Å². The monoisotopic (exact) mass is 530 g/mol. The number of carbonyl (C=O) groups is 1. The van der Waals surface area contributed by atoms with Gasteiger partial charge in [-0.1, -0.05) is 49.7 Å². The van der Waals surface area contributed by atoms with Gasteiger partial charge in [-0.25, -0.2) is 18.4 Å². The van der Waals surface area contributed by atoms with Crippen LogP contribution in [0.25, 0.3) is 10.9 Å². The number of amides is 1. The van der Waals surface area contributed by atoms with Crippen molar-refractivity contribution >= 4 is 44.3 Å². The van der Waals surface area contributed by atoms with Crippen LogP contribution in [0.3, 0.4) is 0 Å². The molecule has 1 aliphatic heterocycles. The molecule has 192 valence electrons. The number of hydrogen-bond acceptors (Lipinski definition) is 7. The lowest BCUT2D eigenvalue weighted by Crippen LogP contribution is -2.48. The summed E-state index contributed by atoms with van der Waals surface area (Å²) < 4.78 is 27.4. The third kappa shape index (κ3) is 6.31. The summed E-state index contributed by atoms with van der Waals surface area (Å²) in [5.41, 5.74) is 7.08. The largest absolute Gasteiger partial charge is 0.368 e. The van der Waals surface area contributed by atoms with Gasteiger partial charge in [-0.05, 0) is 35.7 Å². The first-order valence-electron chi connectivity index (χ1n) is 11.9. The van der Waals surface area contributed by atoms with Crippen molar-refractivity contribution in [3.05, 3.63) is 64.9 Å². The van der Waals surface area contributed by atoms with Gasteiger partial charge in [0, 0.05) is 36.6 Å². The Morgan fingerprint density at radius 2 is 1.72 bits per heavy atom. The molecule has 0 spiro atoms. The standard InChI is InChI=1S/C25H31ClN6O3S/c1-17(2)23(24(27)33)30-25-20-5-3-4-6-21(20)28-22(29-25)15-31-11-13-32(14-12-31)36(34,35)16-18-7-9-19(26)10-8-18/h3-10,17,23H,11-16H2,1-2H3,(H2,27,33)(H,28,29,30)/t23-/m0/s1. The van der Waals surface area contributed by atoms with Crippen LogP contribution in [0.5, 0.6) is 0 Å². The Labute approximate surface area is 216 Å². The number of aromatic nitrogens is 2. The van der Waals surface area contributed by atoms with Gasteiger partial charge in [-0.3, -0.25) is 9.69 Å². The number of halogens is 1. The minimum absolute atomic E-state index is 0.0115. The molecule has 2 heterocycles. The average molecular weight is 531 g/mol. The molecule has 3 N–H and O–H groups in total. The van der Waals surface area contributed by atoms with Gasteiger partial charge in [0.1, 0.15) is 17.7 Å². The molecule has 2 aromatic carbocycles. The molecule has 9 nitrogen and oxygen atoms in total. The van der Waals surface area contributed by atoms with E-state index in [0.29, 0.717) is 55.0 Å². The zero-order valence-corrected chi connectivity index (χ0v) is 22.0. The van der Waals surface area contributed by atoms with E-state index in [0.717, 1.165) is 10.9 Å². The minimum Gasteiger partial charge on any atom is -0.368 e. The van der Waals surface area contributed by atoms with Crippen molar-refractivity contribution in [2.24, 2.45) is 11.7 Å². The van der Waals surface area contributed by atoms with E-state index in [4.69, 9.17) is 27.3 Å². The van der Waals surface area contributed by atoms with Gasteiger partial charge in [0.25, 0.3) is 0 Å². The summed E-state index contributed by atoms with van der Waals surface area (Å²) in [5, 5.41) is 4.60. The van der Waals surface area contributed by atoms with Crippen LogP contribution in [0.1, 0.15) is 25.2 Å². The normalized spacial score (nSPS) is 16.3. The molecule has 1 aliphatic rings. The molecule has 0 unspecified atom stereocenters. The van der Waals surface area contributed by atoms with Crippen LogP contribution >= 0.6 is 11.6 Å². The number of primary amides is 1. The zero-order valence-electron chi connectivity index (χ0n) is 20.4. The lowest BCUT2D eigenvalue weighted by molar-refractivity contribution is -0.119. The number of hydrogen-bond donors (Lipinski definition) is 2. The Bertz CT molecular complexity index is 1330. The fourth-order valence-electron chi connectivity index (χ4n) is 4.27. The van der Waals surface area contributed by atoms with Gasteiger partial charge in [0.2, 0.25) is 15.9 Å². The lowest BCUT2D eigenvalue weighted by Gasteiger charge is -2.33. The first-order chi connectivity index (χ1) is 17.1. The van der Waals surface area contributed by atoms with Gasteiger partial charge in [-0.2, -0.15) is 4.31 Å². The Morgan fingerprint density at radius 1 is 1.06 bits per heavy atom. The Morgan fingerprint density at radius 3 is 2.36 bits per heavy atom. The summed E-state index contributed by atoms with van der Waals surface area (Å²) in [6.45, 7) is 6.23. The quantitative estimate of drug-likeness (QED) is 0.436. The fraction of sp³-hybridized carbons (Fsp3) is 0.400. The van der Waals surface area contributed by atoms with E-state index >= 15 is 0 Å². The summed E-state index contributed by atoms with van der Waals surface area (Å²) in [6.07, 6.45) is 0. The lowest BCUT2D eigenvalue weighted by atomic mass is 10.0. The molecule has 1 fully saturated rings. The third-order valence-electron chi connectivity index (χ3n) is 6.27. The minimum atomic E-state index is -3.43. The number of para-hydroxylation sites is 1. The molecular formula is C25H31ClN6O3S. The average Bonchev–Trinajstić information content (AvgIpc) is 2.83. The Hall–Kier alpha value is -2.79. The number of nitrogens with one attached hydrogen (secondary N) is 1. The van der Waals surface area contributed by atoms with E-state index in [2.05, 4.69) is 10.2 Å². The fourth-order valence-corrected chi connectivity index (χ4v) is 5.91. The molecule has 11 heteroatoms. The number of sulfonamides is 1. The van der Waals surface area contributed by atoms with Gasteiger partial charge < -0.3 is 11.1 Å². The van der Waals surface area contributed by atoms with E-state index in [1.807, 2.05) is 38.1 Å². The highest BCUT2D eigenvalue weighted by Crippen LogP contribution is 2.23. The summed E-state index contributed by atoms with van der Waals surface area (Å²) in [6, 6.07) is 13.9. The van der Waals surface area contributed by atoms with Gasteiger partial charge in [0.05, 0.1) is 17.8 Å². The van der Waals surface area contributed by atoms with Crippen LogP contribution in [-0.4, -0.2) is 65.7 Å². The van der Waals surface area contributed by atoms with Crippen molar-refractivity contribution in [3.8, 4) is 0 Å². The van der Waals surface area contributed by atoms with Crippen LogP contribution in [-0.2, 0) is 27.1 Å². The van der Waals surface area contributed by atoms with Crippen LogP contribution in [0, 0.1) is 5.92 Å². The molecule has 0 bridgehead atoms. The van der Waals surface area contributed by atoms with Crippen LogP contribution in [0.2, 0.25) is 5.02 Å². The third-order valence-corrected chi connectivity index (χ3v) is 8.37. The first-order valence-corrected chi connectivity index (χ1v) is 13.9. The molecular weight excluding hydrogens is 500 g/mol. The van der Waals surface area contributed by atoms with E-state index in [-0.39, 0.29) is 11.7 Å². The smallest absolute Gasteiger partial charge is 0.240 e. The maximum atomic E-state index is 12.9. The van der Waals surface area contributed by atoms with Crippen molar-refractivity contribution in [2.75, 3.05) is 31.5 Å². The van der Waals surface area contributed by atoms with Crippen molar-refractivity contribution < 1.29 is 13.2 Å². The van der Waals surface area contributed by atoms with E-state index in [1.54, 1.807) is 24.3 Å². The summed E-state index contributed by atoms with van der Waals surface area (Å²) in [7, 11) is -3.43. The molecule has 4 rings (SSSR count). The molecule has 0 aliphatic carbocycles. The van der Waals surface area contributed by atoms with Crippen molar-refractivity contribution in [3.63, 3.8) is 0 Å². The zero-order chi connectivity index (χ0) is 25.9. The summed E-state index contributed by atoms with van der Waals surface area (Å²) in [4.78, 5) is 23.5. The van der Waals surface area contributed by atoms with Crippen molar-refractivity contribution in [2.45, 2.75) is 32.2 Å². The predicted molar refractivity (Wildman–Crippen MR) is 142 cm³/mol. The topological polar surface area (TPSA) is 122 Å². The number of benzene rings is 2. The molecule has 1 atom stereocenters. The van der Waals surface area contributed by atoms with Crippen molar-refractivity contribution in [1.82, 2.24) is 19.2 Å². The van der Waals surface area contributed by atoms with Crippen LogP contribution < -0.4 is 11.1 Å². The van der Waals surface area contributed by atoms with Crippen LogP contribution in [0.4, 0.5) is 5.82 Å². The molecule has 1 amide bonds. The number of carbonyl (C=O) groups excluding carboxylic acids is 1.